The lowest BCUT2D eigenvalue weighted by atomic mass is 10.2. The van der Waals surface area contributed by atoms with Gasteiger partial charge in [-0.25, -0.2) is 0 Å². The third kappa shape index (κ3) is 2.00. The van der Waals surface area contributed by atoms with Gasteiger partial charge in [-0.2, -0.15) is 4.99 Å². The van der Waals surface area contributed by atoms with Gasteiger partial charge in [0.15, 0.2) is 5.17 Å². The average Bonchev–Trinajstić information content (AvgIpc) is 2.89. The molecule has 2 amide bonds. The number of nitrogens with zero attached hydrogens (tertiary/aromatic N) is 2. The van der Waals surface area contributed by atoms with Crippen molar-refractivity contribution in [1.82, 2.24) is 4.90 Å². The lowest BCUT2D eigenvalue weighted by Crippen LogP contribution is -2.29. The third-order valence-electron chi connectivity index (χ3n) is 3.07. The van der Waals surface area contributed by atoms with Crippen LogP contribution in [-0.2, 0) is 9.59 Å². The zero-order valence-electron chi connectivity index (χ0n) is 10.4. The van der Waals surface area contributed by atoms with E-state index in [1.807, 2.05) is 37.3 Å². The first-order valence-electron chi connectivity index (χ1n) is 6.11. The van der Waals surface area contributed by atoms with Crippen LogP contribution >= 0.6 is 11.8 Å². The summed E-state index contributed by atoms with van der Waals surface area (Å²) in [5.41, 5.74) is 1.25. The molecule has 1 aromatic carbocycles. The average molecular weight is 272 g/mol. The molecule has 0 radical (unpaired) electrons. The molecule has 0 aliphatic carbocycles. The van der Waals surface area contributed by atoms with E-state index in [0.717, 1.165) is 12.0 Å². The van der Waals surface area contributed by atoms with E-state index < -0.39 is 0 Å². The topological polar surface area (TPSA) is 49.7 Å². The van der Waals surface area contributed by atoms with Crippen molar-refractivity contribution in [2.45, 2.75) is 18.6 Å². The summed E-state index contributed by atoms with van der Waals surface area (Å²) in [7, 11) is 0. The highest BCUT2D eigenvalue weighted by Crippen LogP contribution is 2.36. The number of amidine groups is 1. The molecule has 19 heavy (non-hydrogen) atoms. The van der Waals surface area contributed by atoms with Gasteiger partial charge >= 0.3 is 0 Å². The van der Waals surface area contributed by atoms with Gasteiger partial charge in [0.1, 0.15) is 5.70 Å². The fourth-order valence-electron chi connectivity index (χ4n) is 2.10. The maximum atomic E-state index is 12.2. The van der Waals surface area contributed by atoms with E-state index in [0.29, 0.717) is 10.9 Å². The number of aliphatic imine (C=N–C) groups is 1. The van der Waals surface area contributed by atoms with Crippen molar-refractivity contribution >= 4 is 34.8 Å². The molecule has 2 heterocycles. The minimum absolute atomic E-state index is 0.0423. The fraction of sp³-hybridized carbons (Fsp3) is 0.214. The lowest BCUT2D eigenvalue weighted by Gasteiger charge is -2.11. The van der Waals surface area contributed by atoms with Gasteiger partial charge in [0, 0.05) is 0 Å². The number of benzene rings is 1. The molecule has 1 aromatic rings. The van der Waals surface area contributed by atoms with Crippen molar-refractivity contribution in [3.05, 3.63) is 41.6 Å². The Kier molecular flexibility index (Phi) is 2.98. The van der Waals surface area contributed by atoms with Gasteiger partial charge in [0.05, 0.1) is 5.25 Å². The highest BCUT2D eigenvalue weighted by Gasteiger charge is 2.44. The number of hydrogen-bond donors (Lipinski definition) is 0. The first-order chi connectivity index (χ1) is 9.20. The Balaban J connectivity index is 1.98. The minimum Gasteiger partial charge on any atom is -0.273 e. The summed E-state index contributed by atoms with van der Waals surface area (Å²) >= 11 is 1.37. The summed E-state index contributed by atoms with van der Waals surface area (Å²) in [5, 5.41) is 0.398. The minimum atomic E-state index is -0.339. The van der Waals surface area contributed by atoms with Crippen LogP contribution in [0.1, 0.15) is 18.9 Å². The molecule has 1 unspecified atom stereocenters. The Morgan fingerprint density at radius 3 is 2.74 bits per heavy atom. The number of thioether (sulfide) groups is 1. The van der Waals surface area contributed by atoms with Gasteiger partial charge in [-0.15, -0.1) is 0 Å². The summed E-state index contributed by atoms with van der Waals surface area (Å²) in [6, 6.07) is 9.48. The molecular weight excluding hydrogens is 260 g/mol. The monoisotopic (exact) mass is 272 g/mol. The maximum Gasteiger partial charge on any atom is 0.296 e. The largest absolute Gasteiger partial charge is 0.296 e. The van der Waals surface area contributed by atoms with Crippen LogP contribution in [0.2, 0.25) is 0 Å². The molecule has 0 saturated carbocycles. The van der Waals surface area contributed by atoms with Crippen molar-refractivity contribution < 1.29 is 9.59 Å². The van der Waals surface area contributed by atoms with E-state index in [2.05, 4.69) is 4.99 Å². The molecule has 0 aromatic heterocycles. The van der Waals surface area contributed by atoms with E-state index in [1.54, 1.807) is 6.08 Å². The van der Waals surface area contributed by atoms with Gasteiger partial charge in [0.25, 0.3) is 5.91 Å². The van der Waals surface area contributed by atoms with E-state index >= 15 is 0 Å². The highest BCUT2D eigenvalue weighted by atomic mass is 32.2. The van der Waals surface area contributed by atoms with Gasteiger partial charge in [0.2, 0.25) is 5.91 Å². The van der Waals surface area contributed by atoms with Crippen LogP contribution in [0.4, 0.5) is 0 Å². The van der Waals surface area contributed by atoms with Crippen LogP contribution in [0.25, 0.3) is 6.08 Å². The second-order valence-electron chi connectivity index (χ2n) is 4.33. The first kappa shape index (κ1) is 12.2. The van der Waals surface area contributed by atoms with E-state index in [9.17, 15) is 9.59 Å². The molecule has 1 atom stereocenters. The Bertz CT molecular complexity index is 607. The van der Waals surface area contributed by atoms with Crippen molar-refractivity contribution in [2.24, 2.45) is 4.99 Å². The number of carbonyl (C=O) groups is 2. The van der Waals surface area contributed by atoms with Crippen molar-refractivity contribution in [3.63, 3.8) is 0 Å². The highest BCUT2D eigenvalue weighted by molar-refractivity contribution is 8.15. The van der Waals surface area contributed by atoms with Crippen molar-refractivity contribution in [2.75, 3.05) is 0 Å². The third-order valence-corrected chi connectivity index (χ3v) is 4.37. The zero-order chi connectivity index (χ0) is 13.4. The van der Waals surface area contributed by atoms with Crippen LogP contribution in [0, 0.1) is 0 Å². The number of hydrogen-bond acceptors (Lipinski definition) is 3. The van der Waals surface area contributed by atoms with E-state index in [4.69, 9.17) is 0 Å². The summed E-state index contributed by atoms with van der Waals surface area (Å²) < 4.78 is 0. The molecule has 2 aliphatic rings. The second kappa shape index (κ2) is 4.66. The Labute approximate surface area is 115 Å². The predicted molar refractivity (Wildman–Crippen MR) is 75.4 cm³/mol. The molecule has 1 saturated heterocycles. The smallest absolute Gasteiger partial charge is 0.273 e. The van der Waals surface area contributed by atoms with Crippen LogP contribution in [0.5, 0.6) is 0 Å². The quantitative estimate of drug-likeness (QED) is 0.776. The van der Waals surface area contributed by atoms with E-state index in [1.165, 1.54) is 16.7 Å². The van der Waals surface area contributed by atoms with Gasteiger partial charge in [-0.1, -0.05) is 49.0 Å². The molecule has 3 rings (SSSR count). The maximum absolute atomic E-state index is 12.2. The standard InChI is InChI=1S/C14H12N2O2S/c1-2-11-13(18)16-10(12(17)15-14(16)19-11)8-9-6-4-3-5-7-9/h3-8,11H,2H2,1H3/b10-8+. The Morgan fingerprint density at radius 2 is 2.05 bits per heavy atom. The van der Waals surface area contributed by atoms with Crippen LogP contribution in [0.15, 0.2) is 41.0 Å². The van der Waals surface area contributed by atoms with Crippen molar-refractivity contribution in [3.8, 4) is 0 Å². The SMILES string of the molecule is CCC1SC2=NC(=O)/C(=C\c3ccccc3)N2C1=O. The summed E-state index contributed by atoms with van der Waals surface area (Å²) in [5.74, 6) is -0.381. The second-order valence-corrected chi connectivity index (χ2v) is 5.50. The normalized spacial score (nSPS) is 24.1. The number of rotatable bonds is 2. The summed E-state index contributed by atoms with van der Waals surface area (Å²) in [4.78, 5) is 29.5. The molecule has 4 nitrogen and oxygen atoms in total. The van der Waals surface area contributed by atoms with Crippen LogP contribution < -0.4 is 0 Å². The van der Waals surface area contributed by atoms with Crippen LogP contribution in [-0.4, -0.2) is 27.1 Å². The van der Waals surface area contributed by atoms with Gasteiger partial charge in [-0.3, -0.25) is 14.5 Å². The van der Waals surface area contributed by atoms with Gasteiger partial charge < -0.3 is 0 Å². The van der Waals surface area contributed by atoms with Crippen LogP contribution in [0.3, 0.4) is 0 Å². The molecular formula is C14H12N2O2S. The molecule has 0 spiro atoms. The van der Waals surface area contributed by atoms with Crippen molar-refractivity contribution in [1.29, 1.82) is 0 Å². The number of carbonyl (C=O) groups excluding carboxylic acids is 2. The summed E-state index contributed by atoms with van der Waals surface area (Å²) in [6.07, 6.45) is 2.46. The fourth-order valence-corrected chi connectivity index (χ4v) is 3.15. The van der Waals surface area contributed by atoms with E-state index in [-0.39, 0.29) is 17.1 Å². The molecule has 0 N–H and O–H groups in total. The number of amides is 2. The zero-order valence-corrected chi connectivity index (χ0v) is 11.2. The molecule has 0 bridgehead atoms. The summed E-state index contributed by atoms with van der Waals surface area (Å²) in [6.45, 7) is 1.96. The molecule has 2 aliphatic heterocycles. The van der Waals surface area contributed by atoms with Gasteiger partial charge in [-0.05, 0) is 18.1 Å². The molecule has 1 fully saturated rings. The lowest BCUT2D eigenvalue weighted by molar-refractivity contribution is -0.126. The number of fused-ring (bicyclic) bond motifs is 1. The predicted octanol–water partition coefficient (Wildman–Crippen LogP) is 2.28. The Hall–Kier alpha value is -1.88. The molecule has 96 valence electrons. The first-order valence-corrected chi connectivity index (χ1v) is 6.99. The Morgan fingerprint density at radius 1 is 1.32 bits per heavy atom. The molecule has 5 heteroatoms.